The first kappa shape index (κ1) is 27.5. The number of phenolic OH excluding ortho intramolecular Hbond substituents is 1. The summed E-state index contributed by atoms with van der Waals surface area (Å²) in [6.45, 7) is 2.51. The van der Waals surface area contributed by atoms with Gasteiger partial charge in [0.15, 0.2) is 0 Å². The van der Waals surface area contributed by atoms with Crippen molar-refractivity contribution < 1.29 is 36.2 Å². The predicted molar refractivity (Wildman–Crippen MR) is 116 cm³/mol. The Labute approximate surface area is 194 Å². The Bertz CT molecular complexity index is 935. The van der Waals surface area contributed by atoms with E-state index in [-0.39, 0.29) is 18.5 Å². The lowest BCUT2D eigenvalue weighted by molar-refractivity contribution is -0.143. The summed E-state index contributed by atoms with van der Waals surface area (Å²) >= 11 is 0. The second-order valence-electron chi connectivity index (χ2n) is 8.30. The summed E-state index contributed by atoms with van der Waals surface area (Å²) < 4.78 is 76.7. The van der Waals surface area contributed by atoms with E-state index in [4.69, 9.17) is 5.73 Å². The van der Waals surface area contributed by atoms with Crippen molar-refractivity contribution in [1.29, 1.82) is 0 Å². The monoisotopic (exact) mass is 490 g/mol. The Hall–Kier alpha value is -2.75. The standard InChI is InChI=1S/C16H17F6NO.C8H11NO/c17-15(18,19)12-6-11(7-13(8-12)16(20,21)22)14(24)23-9-10-4-2-1-3-5-10;1-6-3-2-4-7(5-9)8(6)10/h6-8,10H,1-5,9H2,(H,23,24);2-4,10H,5,9H2,1H3. The van der Waals surface area contributed by atoms with Crippen LogP contribution in [0.4, 0.5) is 26.3 Å². The van der Waals surface area contributed by atoms with Crippen molar-refractivity contribution in [3.63, 3.8) is 0 Å². The van der Waals surface area contributed by atoms with E-state index in [0.29, 0.717) is 24.4 Å². The van der Waals surface area contributed by atoms with Crippen LogP contribution in [0.3, 0.4) is 0 Å². The first-order valence-electron chi connectivity index (χ1n) is 10.9. The van der Waals surface area contributed by atoms with Crippen LogP contribution in [0, 0.1) is 12.8 Å². The molecule has 10 heteroatoms. The van der Waals surface area contributed by atoms with Crippen LogP contribution in [0.1, 0.15) is 64.7 Å². The third-order valence-corrected chi connectivity index (χ3v) is 5.67. The SMILES string of the molecule is Cc1cccc(CN)c1O.O=C(NCC1CCCCC1)c1cc(C(F)(F)F)cc(C(F)(F)F)c1. The number of nitrogens with two attached hydrogens (primary N) is 1. The van der Waals surface area contributed by atoms with Gasteiger partial charge in [-0.15, -0.1) is 0 Å². The lowest BCUT2D eigenvalue weighted by Crippen LogP contribution is -2.30. The van der Waals surface area contributed by atoms with Crippen molar-refractivity contribution in [2.45, 2.75) is 57.9 Å². The molecule has 0 bridgehead atoms. The van der Waals surface area contributed by atoms with E-state index in [1.54, 1.807) is 0 Å². The molecule has 1 saturated carbocycles. The number of aromatic hydroxyl groups is 1. The minimum absolute atomic E-state index is 0.0118. The van der Waals surface area contributed by atoms with Crippen molar-refractivity contribution in [2.75, 3.05) is 6.54 Å². The van der Waals surface area contributed by atoms with Crippen LogP contribution in [-0.2, 0) is 18.9 Å². The van der Waals surface area contributed by atoms with E-state index in [0.717, 1.165) is 43.2 Å². The number of para-hydroxylation sites is 1. The molecule has 0 aliphatic heterocycles. The molecule has 0 unspecified atom stereocenters. The molecule has 1 amide bonds. The average molecular weight is 490 g/mol. The first-order chi connectivity index (χ1) is 15.8. The fraction of sp³-hybridized carbons (Fsp3) is 0.458. The number of aryl methyl sites for hydroxylation is 1. The second-order valence-corrected chi connectivity index (χ2v) is 8.30. The van der Waals surface area contributed by atoms with Crippen molar-refractivity contribution in [1.82, 2.24) is 5.32 Å². The molecule has 0 radical (unpaired) electrons. The van der Waals surface area contributed by atoms with Gasteiger partial charge in [-0.25, -0.2) is 0 Å². The van der Waals surface area contributed by atoms with Gasteiger partial charge >= 0.3 is 12.4 Å². The molecule has 1 fully saturated rings. The van der Waals surface area contributed by atoms with Crippen LogP contribution in [-0.4, -0.2) is 17.6 Å². The van der Waals surface area contributed by atoms with Crippen molar-refractivity contribution in [3.8, 4) is 5.75 Å². The third-order valence-electron chi connectivity index (χ3n) is 5.67. The Morgan fingerprint density at radius 1 is 1.00 bits per heavy atom. The maximum Gasteiger partial charge on any atom is 0.416 e. The van der Waals surface area contributed by atoms with Gasteiger partial charge in [0.05, 0.1) is 11.1 Å². The van der Waals surface area contributed by atoms with Crippen LogP contribution in [0.2, 0.25) is 0 Å². The Morgan fingerprint density at radius 2 is 1.56 bits per heavy atom. The summed E-state index contributed by atoms with van der Waals surface area (Å²) in [4.78, 5) is 12.0. The molecule has 4 N–H and O–H groups in total. The predicted octanol–water partition coefficient (Wildman–Crippen LogP) is 6.19. The number of hydrogen-bond acceptors (Lipinski definition) is 3. The Balaban J connectivity index is 0.000000340. The molecule has 34 heavy (non-hydrogen) atoms. The number of nitrogens with one attached hydrogen (secondary N) is 1. The van der Waals surface area contributed by atoms with Gasteiger partial charge in [0.1, 0.15) is 5.75 Å². The first-order valence-corrected chi connectivity index (χ1v) is 10.9. The maximum absolute atomic E-state index is 12.8. The fourth-order valence-electron chi connectivity index (χ4n) is 3.70. The zero-order chi connectivity index (χ0) is 25.5. The molecule has 0 aromatic heterocycles. The van der Waals surface area contributed by atoms with E-state index < -0.39 is 35.0 Å². The van der Waals surface area contributed by atoms with Crippen LogP contribution >= 0.6 is 0 Å². The van der Waals surface area contributed by atoms with Gasteiger partial charge in [-0.2, -0.15) is 26.3 Å². The van der Waals surface area contributed by atoms with Crippen molar-refractivity contribution >= 4 is 5.91 Å². The quantitative estimate of drug-likeness (QED) is 0.447. The topological polar surface area (TPSA) is 75.3 Å². The number of rotatable bonds is 4. The van der Waals surface area contributed by atoms with E-state index in [1.807, 2.05) is 25.1 Å². The fourth-order valence-corrected chi connectivity index (χ4v) is 3.70. The molecule has 0 heterocycles. The van der Waals surface area contributed by atoms with Crippen molar-refractivity contribution in [3.05, 3.63) is 64.2 Å². The van der Waals surface area contributed by atoms with E-state index >= 15 is 0 Å². The summed E-state index contributed by atoms with van der Waals surface area (Å²) in [5.41, 5.74) is 3.44. The molecule has 0 spiro atoms. The van der Waals surface area contributed by atoms with Gasteiger partial charge in [0.25, 0.3) is 5.91 Å². The number of benzene rings is 2. The zero-order valence-electron chi connectivity index (χ0n) is 18.7. The minimum atomic E-state index is -4.96. The number of phenols is 1. The van der Waals surface area contributed by atoms with E-state index in [2.05, 4.69) is 5.32 Å². The highest BCUT2D eigenvalue weighted by Crippen LogP contribution is 2.36. The zero-order valence-corrected chi connectivity index (χ0v) is 18.7. The lowest BCUT2D eigenvalue weighted by Gasteiger charge is -2.22. The molecule has 0 saturated heterocycles. The van der Waals surface area contributed by atoms with E-state index in [1.165, 1.54) is 0 Å². The van der Waals surface area contributed by atoms with Gasteiger partial charge in [-0.05, 0) is 49.4 Å². The summed E-state index contributed by atoms with van der Waals surface area (Å²) in [6.07, 6.45) is -4.98. The number of alkyl halides is 6. The van der Waals surface area contributed by atoms with Crippen LogP contribution in [0.25, 0.3) is 0 Å². The number of carbonyl (C=O) groups excluding carboxylic acids is 1. The largest absolute Gasteiger partial charge is 0.507 e. The number of hydrogen-bond donors (Lipinski definition) is 3. The molecule has 3 rings (SSSR count). The van der Waals surface area contributed by atoms with Crippen LogP contribution in [0.5, 0.6) is 5.75 Å². The maximum atomic E-state index is 12.8. The van der Waals surface area contributed by atoms with Crippen LogP contribution in [0.15, 0.2) is 36.4 Å². The van der Waals surface area contributed by atoms with Gasteiger partial charge in [0.2, 0.25) is 0 Å². The van der Waals surface area contributed by atoms with Gasteiger partial charge in [-0.1, -0.05) is 37.5 Å². The van der Waals surface area contributed by atoms with E-state index in [9.17, 15) is 36.2 Å². The molecule has 0 atom stereocenters. The highest BCUT2D eigenvalue weighted by Gasteiger charge is 2.37. The van der Waals surface area contributed by atoms with Crippen LogP contribution < -0.4 is 11.1 Å². The average Bonchev–Trinajstić information content (AvgIpc) is 2.79. The Kier molecular flexibility index (Phi) is 9.37. The Morgan fingerprint density at radius 3 is 2.03 bits per heavy atom. The second kappa shape index (κ2) is 11.6. The summed E-state index contributed by atoms with van der Waals surface area (Å²) in [7, 11) is 0. The molecule has 1 aliphatic carbocycles. The molecule has 188 valence electrons. The lowest BCUT2D eigenvalue weighted by atomic mass is 9.89. The summed E-state index contributed by atoms with van der Waals surface area (Å²) in [5.74, 6) is -0.377. The molecule has 4 nitrogen and oxygen atoms in total. The number of halogens is 6. The molecule has 2 aromatic carbocycles. The minimum Gasteiger partial charge on any atom is -0.507 e. The highest BCUT2D eigenvalue weighted by atomic mass is 19.4. The summed E-state index contributed by atoms with van der Waals surface area (Å²) in [6, 6.07) is 6.48. The number of carbonyl (C=O) groups is 1. The number of amides is 1. The molecule has 2 aromatic rings. The normalized spacial score (nSPS) is 14.8. The molecular formula is C24H28F6N2O2. The molecule has 1 aliphatic rings. The van der Waals surface area contributed by atoms with Gasteiger partial charge in [-0.3, -0.25) is 4.79 Å². The smallest absolute Gasteiger partial charge is 0.416 e. The summed E-state index contributed by atoms with van der Waals surface area (Å²) in [5, 5.41) is 11.8. The molecular weight excluding hydrogens is 462 g/mol. The van der Waals surface area contributed by atoms with Gasteiger partial charge in [0, 0.05) is 24.2 Å². The third kappa shape index (κ3) is 7.93. The highest BCUT2D eigenvalue weighted by molar-refractivity contribution is 5.94. The van der Waals surface area contributed by atoms with Gasteiger partial charge < -0.3 is 16.2 Å². The van der Waals surface area contributed by atoms with Crippen molar-refractivity contribution in [2.24, 2.45) is 11.7 Å².